The first-order chi connectivity index (χ1) is 15.0. The van der Waals surface area contributed by atoms with Crippen LogP contribution in [0.3, 0.4) is 0 Å². The molecule has 0 bridgehead atoms. The molecule has 0 N–H and O–H groups in total. The maximum absolute atomic E-state index is 13.6. The number of nitriles is 1. The molecule has 0 spiro atoms. The Morgan fingerprint density at radius 2 is 2.03 bits per heavy atom. The van der Waals surface area contributed by atoms with Gasteiger partial charge in [-0.1, -0.05) is 17.8 Å². The summed E-state index contributed by atoms with van der Waals surface area (Å²) in [4.78, 5) is 20.5. The van der Waals surface area contributed by atoms with Gasteiger partial charge in [0.05, 0.1) is 30.9 Å². The number of benzene rings is 1. The van der Waals surface area contributed by atoms with Gasteiger partial charge in [-0.15, -0.1) is 11.3 Å². The van der Waals surface area contributed by atoms with Gasteiger partial charge in [0.15, 0.2) is 16.7 Å². The Bertz CT molecular complexity index is 1210. The number of fused-ring (bicyclic) bond motifs is 3. The molecule has 31 heavy (non-hydrogen) atoms. The molecule has 1 aliphatic rings. The molecule has 162 valence electrons. The lowest BCUT2D eigenvalue weighted by atomic mass is 9.97. The van der Waals surface area contributed by atoms with Gasteiger partial charge >= 0.3 is 0 Å². The predicted molar refractivity (Wildman–Crippen MR) is 125 cm³/mol. The highest BCUT2D eigenvalue weighted by molar-refractivity contribution is 8.00. The normalized spacial score (nSPS) is 14.1. The first kappa shape index (κ1) is 21.7. The maximum atomic E-state index is 13.6. The second-order valence-electron chi connectivity index (χ2n) is 7.57. The average molecular weight is 456 g/mol. The molecule has 1 atom stereocenters. The molecule has 1 unspecified atom stereocenters. The molecule has 0 aliphatic heterocycles. The number of methoxy groups -OCH3 is 2. The first-order valence-corrected chi connectivity index (χ1v) is 12.1. The Kier molecular flexibility index (Phi) is 6.54. The van der Waals surface area contributed by atoms with Gasteiger partial charge < -0.3 is 9.47 Å². The van der Waals surface area contributed by atoms with Crippen LogP contribution in [0.25, 0.3) is 10.2 Å². The Hall–Kier alpha value is -2.50. The summed E-state index contributed by atoms with van der Waals surface area (Å²) in [6, 6.07) is 8.03. The first-order valence-electron chi connectivity index (χ1n) is 10.4. The van der Waals surface area contributed by atoms with E-state index in [0.29, 0.717) is 29.6 Å². The van der Waals surface area contributed by atoms with Crippen LogP contribution < -0.4 is 15.0 Å². The number of aromatic nitrogens is 2. The summed E-state index contributed by atoms with van der Waals surface area (Å²) < 4.78 is 12.5. The molecule has 0 amide bonds. The summed E-state index contributed by atoms with van der Waals surface area (Å²) >= 11 is 2.99. The van der Waals surface area contributed by atoms with Crippen molar-refractivity contribution in [3.05, 3.63) is 44.6 Å². The van der Waals surface area contributed by atoms with Gasteiger partial charge in [0.1, 0.15) is 4.83 Å². The van der Waals surface area contributed by atoms with Gasteiger partial charge in [0, 0.05) is 11.4 Å². The third-order valence-electron chi connectivity index (χ3n) is 5.58. The molecule has 3 aromatic rings. The Morgan fingerprint density at radius 1 is 1.26 bits per heavy atom. The molecule has 0 radical (unpaired) electrons. The number of hydrogen-bond acceptors (Lipinski definition) is 7. The number of thiophene rings is 1. The van der Waals surface area contributed by atoms with Crippen molar-refractivity contribution in [2.24, 2.45) is 0 Å². The maximum Gasteiger partial charge on any atom is 0.263 e. The van der Waals surface area contributed by atoms with Gasteiger partial charge in [-0.05, 0) is 62.3 Å². The summed E-state index contributed by atoms with van der Waals surface area (Å²) in [5.74, 6) is 1.34. The molecule has 2 aromatic heterocycles. The van der Waals surface area contributed by atoms with Crippen molar-refractivity contribution in [1.82, 2.24) is 9.55 Å². The van der Waals surface area contributed by atoms with E-state index in [1.165, 1.54) is 28.6 Å². The van der Waals surface area contributed by atoms with Crippen LogP contribution >= 0.6 is 23.1 Å². The van der Waals surface area contributed by atoms with Crippen molar-refractivity contribution >= 4 is 33.3 Å². The second-order valence-corrected chi connectivity index (χ2v) is 9.96. The monoisotopic (exact) mass is 455 g/mol. The Labute approximate surface area is 189 Å². The highest BCUT2D eigenvalue weighted by Crippen LogP contribution is 2.35. The molecule has 0 saturated heterocycles. The highest BCUT2D eigenvalue weighted by Gasteiger charge is 2.23. The number of ether oxygens (including phenoxy) is 2. The standard InChI is InChI=1S/C23H25N3O3S2/c1-14(13-24)30-23-25-21-20(16-6-4-5-7-19(16)31-21)22(27)26(23)11-10-15-8-9-17(28-2)18(12-15)29-3/h8-9,12,14H,4-7,10-11H2,1-3H3. The summed E-state index contributed by atoms with van der Waals surface area (Å²) in [5, 5.41) is 10.4. The molecule has 2 heterocycles. The second kappa shape index (κ2) is 9.33. The van der Waals surface area contributed by atoms with Gasteiger partial charge in [0.2, 0.25) is 0 Å². The lowest BCUT2D eigenvalue weighted by molar-refractivity contribution is 0.354. The minimum Gasteiger partial charge on any atom is -0.493 e. The molecule has 6 nitrogen and oxygen atoms in total. The van der Waals surface area contributed by atoms with E-state index in [0.717, 1.165) is 35.0 Å². The van der Waals surface area contributed by atoms with Crippen LogP contribution in [0, 0.1) is 11.3 Å². The van der Waals surface area contributed by atoms with E-state index in [-0.39, 0.29) is 10.8 Å². The van der Waals surface area contributed by atoms with E-state index in [9.17, 15) is 10.1 Å². The molecule has 4 rings (SSSR count). The number of rotatable bonds is 7. The van der Waals surface area contributed by atoms with Crippen molar-refractivity contribution in [1.29, 1.82) is 5.26 Å². The minimum atomic E-state index is -0.286. The summed E-state index contributed by atoms with van der Waals surface area (Å²) in [6.07, 6.45) is 4.90. The van der Waals surface area contributed by atoms with Gasteiger partial charge in [-0.3, -0.25) is 9.36 Å². The van der Waals surface area contributed by atoms with E-state index < -0.39 is 0 Å². The largest absolute Gasteiger partial charge is 0.493 e. The molecule has 0 saturated carbocycles. The van der Waals surface area contributed by atoms with Crippen LogP contribution in [0.4, 0.5) is 0 Å². The zero-order valence-electron chi connectivity index (χ0n) is 17.9. The van der Waals surface area contributed by atoms with Crippen molar-refractivity contribution in [2.45, 2.75) is 56.0 Å². The molecule has 1 aliphatic carbocycles. The number of nitrogens with zero attached hydrogens (tertiary/aromatic N) is 3. The average Bonchev–Trinajstić information content (AvgIpc) is 3.16. The third kappa shape index (κ3) is 4.30. The van der Waals surface area contributed by atoms with E-state index in [2.05, 4.69) is 6.07 Å². The lowest BCUT2D eigenvalue weighted by Gasteiger charge is -2.15. The quantitative estimate of drug-likeness (QED) is 0.383. The van der Waals surface area contributed by atoms with Crippen LogP contribution in [0.15, 0.2) is 28.2 Å². The van der Waals surface area contributed by atoms with E-state index in [1.807, 2.05) is 25.1 Å². The smallest absolute Gasteiger partial charge is 0.263 e. The summed E-state index contributed by atoms with van der Waals surface area (Å²) in [6.45, 7) is 2.32. The van der Waals surface area contributed by atoms with Crippen LogP contribution in [0.2, 0.25) is 0 Å². The summed E-state index contributed by atoms with van der Waals surface area (Å²) in [7, 11) is 3.22. The van der Waals surface area contributed by atoms with Crippen molar-refractivity contribution < 1.29 is 9.47 Å². The predicted octanol–water partition coefficient (Wildman–Crippen LogP) is 4.60. The SMILES string of the molecule is COc1ccc(CCn2c(SC(C)C#N)nc3sc4c(c3c2=O)CCCC4)cc1OC. The van der Waals surface area contributed by atoms with Gasteiger partial charge in [-0.2, -0.15) is 5.26 Å². The van der Waals surface area contributed by atoms with Gasteiger partial charge in [-0.25, -0.2) is 4.98 Å². The zero-order valence-corrected chi connectivity index (χ0v) is 19.6. The van der Waals surface area contributed by atoms with Crippen molar-refractivity contribution in [2.75, 3.05) is 14.2 Å². The number of aryl methyl sites for hydroxylation is 3. The fourth-order valence-corrected chi connectivity index (χ4v) is 6.09. The van der Waals surface area contributed by atoms with E-state index in [1.54, 1.807) is 30.1 Å². The molecule has 8 heteroatoms. The van der Waals surface area contributed by atoms with Crippen LogP contribution in [-0.2, 0) is 25.8 Å². The molecule has 1 aromatic carbocycles. The molecular formula is C23H25N3O3S2. The third-order valence-corrected chi connectivity index (χ3v) is 7.74. The van der Waals surface area contributed by atoms with Crippen LogP contribution in [0.1, 0.15) is 35.8 Å². The molecule has 0 fully saturated rings. The Morgan fingerprint density at radius 3 is 2.77 bits per heavy atom. The van der Waals surface area contributed by atoms with Crippen LogP contribution in [0.5, 0.6) is 11.5 Å². The fourth-order valence-electron chi connectivity index (χ4n) is 3.97. The van der Waals surface area contributed by atoms with E-state index >= 15 is 0 Å². The fraction of sp³-hybridized carbons (Fsp3) is 0.435. The Balaban J connectivity index is 1.74. The number of hydrogen-bond donors (Lipinski definition) is 0. The lowest BCUT2D eigenvalue weighted by Crippen LogP contribution is -2.25. The van der Waals surface area contributed by atoms with E-state index in [4.69, 9.17) is 14.5 Å². The highest BCUT2D eigenvalue weighted by atomic mass is 32.2. The molecular weight excluding hydrogens is 430 g/mol. The number of thioether (sulfide) groups is 1. The topological polar surface area (TPSA) is 77.1 Å². The van der Waals surface area contributed by atoms with Crippen molar-refractivity contribution in [3.8, 4) is 17.6 Å². The zero-order chi connectivity index (χ0) is 22.0. The minimum absolute atomic E-state index is 0.0116. The van der Waals surface area contributed by atoms with Gasteiger partial charge in [0.25, 0.3) is 5.56 Å². The van der Waals surface area contributed by atoms with Crippen LogP contribution in [-0.4, -0.2) is 29.0 Å². The summed E-state index contributed by atoms with van der Waals surface area (Å²) in [5.41, 5.74) is 2.24. The van der Waals surface area contributed by atoms with Crippen molar-refractivity contribution in [3.63, 3.8) is 0 Å².